The second-order valence-corrected chi connectivity index (χ2v) is 4.97. The molecule has 0 unspecified atom stereocenters. The van der Waals surface area contributed by atoms with Gasteiger partial charge in [-0.2, -0.15) is 0 Å². The molecule has 1 aliphatic rings. The Balaban J connectivity index is 2.15. The van der Waals surface area contributed by atoms with Crippen LogP contribution in [0, 0.1) is 0 Å². The van der Waals surface area contributed by atoms with E-state index in [1.807, 2.05) is 0 Å². The molecule has 0 radical (unpaired) electrons. The maximum Gasteiger partial charge on any atom is 0.288 e. The zero-order valence-corrected chi connectivity index (χ0v) is 10.8. The van der Waals surface area contributed by atoms with Gasteiger partial charge >= 0.3 is 0 Å². The number of amides is 2. The van der Waals surface area contributed by atoms with Gasteiger partial charge in [0.15, 0.2) is 0 Å². The van der Waals surface area contributed by atoms with Gasteiger partial charge in [-0.1, -0.05) is 17.8 Å². The Morgan fingerprint density at radius 3 is 2.83 bits per heavy atom. The highest BCUT2D eigenvalue weighted by atomic mass is 32.2. The number of methoxy groups -OCH3 is 1. The first-order valence-electron chi connectivity index (χ1n) is 5.51. The van der Waals surface area contributed by atoms with Gasteiger partial charge in [0.1, 0.15) is 5.75 Å². The zero-order valence-electron chi connectivity index (χ0n) is 10.0. The number of ether oxygens (including phenoxy) is 1. The van der Waals surface area contributed by atoms with E-state index in [0.29, 0.717) is 23.6 Å². The number of nitrogens with zero attached hydrogens (tertiary/aromatic N) is 1. The van der Waals surface area contributed by atoms with E-state index >= 15 is 0 Å². The molecule has 2 N–H and O–H groups in total. The van der Waals surface area contributed by atoms with Gasteiger partial charge in [-0.05, 0) is 17.7 Å². The first-order valence-corrected chi connectivity index (χ1v) is 6.50. The number of hydrogen-bond donors (Lipinski definition) is 1. The van der Waals surface area contributed by atoms with Crippen LogP contribution in [0.5, 0.6) is 5.75 Å². The van der Waals surface area contributed by atoms with Crippen molar-refractivity contribution < 1.29 is 14.3 Å². The highest BCUT2D eigenvalue weighted by Crippen LogP contribution is 2.25. The molecular formula is C12H14N2O3S. The van der Waals surface area contributed by atoms with Crippen LogP contribution in [-0.2, 0) is 11.3 Å². The minimum absolute atomic E-state index is 0.131. The molecule has 0 bridgehead atoms. The Bertz CT molecular complexity index is 474. The molecule has 96 valence electrons. The number of carbonyl (C=O) groups is 2. The molecule has 1 heterocycles. The molecule has 0 atom stereocenters. The lowest BCUT2D eigenvalue weighted by atomic mass is 10.1. The molecule has 0 saturated carbocycles. The minimum atomic E-state index is -0.194. The van der Waals surface area contributed by atoms with Crippen molar-refractivity contribution in [3.8, 4) is 5.75 Å². The summed E-state index contributed by atoms with van der Waals surface area (Å²) in [5, 5.41) is -0.194. The zero-order chi connectivity index (χ0) is 13.1. The molecule has 1 aromatic carbocycles. The Kier molecular flexibility index (Phi) is 3.76. The van der Waals surface area contributed by atoms with Crippen LogP contribution in [0.1, 0.15) is 12.0 Å². The van der Waals surface area contributed by atoms with Gasteiger partial charge in [0, 0.05) is 12.2 Å². The average molecular weight is 266 g/mol. The average Bonchev–Trinajstić information content (AvgIpc) is 2.34. The van der Waals surface area contributed by atoms with Crippen molar-refractivity contribution in [2.75, 3.05) is 18.6 Å². The van der Waals surface area contributed by atoms with Crippen LogP contribution >= 0.6 is 11.8 Å². The summed E-state index contributed by atoms with van der Waals surface area (Å²) < 4.78 is 5.06. The summed E-state index contributed by atoms with van der Waals surface area (Å²) in [5.74, 6) is 1.02. The van der Waals surface area contributed by atoms with Crippen LogP contribution in [0.4, 0.5) is 10.5 Å². The summed E-state index contributed by atoms with van der Waals surface area (Å²) in [6, 6.07) is 5.25. The molecule has 18 heavy (non-hydrogen) atoms. The van der Waals surface area contributed by atoms with E-state index < -0.39 is 0 Å². The predicted octanol–water partition coefficient (Wildman–Crippen LogP) is 1.86. The maximum atomic E-state index is 11.7. The summed E-state index contributed by atoms with van der Waals surface area (Å²) in [4.78, 5) is 24.5. The normalized spacial score (nSPS) is 15.9. The van der Waals surface area contributed by atoms with Crippen LogP contribution < -0.4 is 10.5 Å². The lowest BCUT2D eigenvalue weighted by Gasteiger charge is -2.24. The Labute approximate surface area is 109 Å². The fourth-order valence-corrected chi connectivity index (χ4v) is 2.53. The highest BCUT2D eigenvalue weighted by molar-refractivity contribution is 8.13. The molecule has 0 aromatic heterocycles. The molecule has 1 fully saturated rings. The first-order chi connectivity index (χ1) is 8.61. The molecule has 5 nitrogen and oxygen atoms in total. The van der Waals surface area contributed by atoms with Gasteiger partial charge in [0.25, 0.3) is 5.24 Å². The van der Waals surface area contributed by atoms with Gasteiger partial charge in [0.2, 0.25) is 5.91 Å². The molecule has 2 rings (SSSR count). The second kappa shape index (κ2) is 5.30. The molecule has 6 heteroatoms. The Morgan fingerprint density at radius 1 is 1.44 bits per heavy atom. The molecule has 1 aliphatic heterocycles. The summed E-state index contributed by atoms with van der Waals surface area (Å²) in [5.41, 5.74) is 7.10. The van der Waals surface area contributed by atoms with Crippen LogP contribution in [0.2, 0.25) is 0 Å². The second-order valence-electron chi connectivity index (χ2n) is 3.92. The van der Waals surface area contributed by atoms with Gasteiger partial charge in [-0.3, -0.25) is 14.5 Å². The van der Waals surface area contributed by atoms with Crippen LogP contribution in [0.15, 0.2) is 18.2 Å². The van der Waals surface area contributed by atoms with E-state index in [-0.39, 0.29) is 17.7 Å². The molecule has 2 amide bonds. The fraction of sp³-hybridized carbons (Fsp3) is 0.333. The predicted molar refractivity (Wildman–Crippen MR) is 70.4 cm³/mol. The number of hydrogen-bond acceptors (Lipinski definition) is 5. The van der Waals surface area contributed by atoms with Crippen molar-refractivity contribution in [2.45, 2.75) is 13.0 Å². The van der Waals surface area contributed by atoms with E-state index in [2.05, 4.69) is 0 Å². The van der Waals surface area contributed by atoms with Crippen LogP contribution in [-0.4, -0.2) is 28.9 Å². The summed E-state index contributed by atoms with van der Waals surface area (Å²) in [6.45, 7) is 0.263. The number of carbonyl (C=O) groups excluding carboxylic acids is 2. The Hall–Kier alpha value is -1.69. The van der Waals surface area contributed by atoms with Crippen molar-refractivity contribution in [1.82, 2.24) is 4.90 Å². The molecule has 1 saturated heterocycles. The highest BCUT2D eigenvalue weighted by Gasteiger charge is 2.26. The third-order valence-corrected chi connectivity index (χ3v) is 3.57. The largest absolute Gasteiger partial charge is 0.495 e. The van der Waals surface area contributed by atoms with Gasteiger partial charge in [-0.15, -0.1) is 0 Å². The van der Waals surface area contributed by atoms with Gasteiger partial charge in [0.05, 0.1) is 19.3 Å². The van der Waals surface area contributed by atoms with Crippen molar-refractivity contribution in [3.63, 3.8) is 0 Å². The van der Waals surface area contributed by atoms with Crippen molar-refractivity contribution in [1.29, 1.82) is 0 Å². The Morgan fingerprint density at radius 2 is 2.22 bits per heavy atom. The summed E-state index contributed by atoms with van der Waals surface area (Å²) in [7, 11) is 1.54. The fourth-order valence-electron chi connectivity index (χ4n) is 1.76. The number of rotatable bonds is 3. The SMILES string of the molecule is COc1ccc(CN2C(=O)CCSC2=O)cc1N. The van der Waals surface area contributed by atoms with Crippen LogP contribution in [0.25, 0.3) is 0 Å². The van der Waals surface area contributed by atoms with Gasteiger partial charge < -0.3 is 10.5 Å². The lowest BCUT2D eigenvalue weighted by Crippen LogP contribution is -2.37. The third kappa shape index (κ3) is 2.59. The number of imide groups is 1. The number of benzene rings is 1. The van der Waals surface area contributed by atoms with Crippen molar-refractivity contribution >= 4 is 28.6 Å². The number of thioether (sulfide) groups is 1. The monoisotopic (exact) mass is 266 g/mol. The molecule has 0 aliphatic carbocycles. The van der Waals surface area contributed by atoms with E-state index in [0.717, 1.165) is 5.56 Å². The lowest BCUT2D eigenvalue weighted by molar-refractivity contribution is -0.128. The smallest absolute Gasteiger partial charge is 0.288 e. The summed E-state index contributed by atoms with van der Waals surface area (Å²) >= 11 is 1.17. The maximum absolute atomic E-state index is 11.7. The van der Waals surface area contributed by atoms with Crippen molar-refractivity contribution in [3.05, 3.63) is 23.8 Å². The van der Waals surface area contributed by atoms with E-state index in [1.165, 1.54) is 16.7 Å². The molecular weight excluding hydrogens is 252 g/mol. The first kappa shape index (κ1) is 12.8. The third-order valence-electron chi connectivity index (χ3n) is 2.70. The van der Waals surface area contributed by atoms with Crippen molar-refractivity contribution in [2.24, 2.45) is 0 Å². The molecule has 1 aromatic rings. The number of nitrogen functional groups attached to an aromatic ring is 1. The van der Waals surface area contributed by atoms with E-state index in [1.54, 1.807) is 25.3 Å². The molecule has 0 spiro atoms. The van der Waals surface area contributed by atoms with E-state index in [9.17, 15) is 9.59 Å². The quantitative estimate of drug-likeness (QED) is 0.845. The van der Waals surface area contributed by atoms with Crippen LogP contribution in [0.3, 0.4) is 0 Å². The standard InChI is InChI=1S/C12H14N2O3S/c1-17-10-3-2-8(6-9(10)13)7-14-11(15)4-5-18-12(14)16/h2-3,6H,4-5,7,13H2,1H3. The summed E-state index contributed by atoms with van der Waals surface area (Å²) in [6.07, 6.45) is 0.405. The topological polar surface area (TPSA) is 72.6 Å². The minimum Gasteiger partial charge on any atom is -0.495 e. The van der Waals surface area contributed by atoms with Gasteiger partial charge in [-0.25, -0.2) is 0 Å². The van der Waals surface area contributed by atoms with E-state index in [4.69, 9.17) is 10.5 Å². The number of nitrogens with two attached hydrogens (primary N) is 1. The number of anilines is 1.